The van der Waals surface area contributed by atoms with Gasteiger partial charge in [-0.3, -0.25) is 10.0 Å². The summed E-state index contributed by atoms with van der Waals surface area (Å²) < 4.78 is 5.53. The van der Waals surface area contributed by atoms with E-state index in [2.05, 4.69) is 0 Å². The molecule has 0 aliphatic heterocycles. The second-order valence-electron chi connectivity index (χ2n) is 4.36. The van der Waals surface area contributed by atoms with E-state index in [9.17, 15) is 4.79 Å². The van der Waals surface area contributed by atoms with Crippen LogP contribution in [0.15, 0.2) is 54.6 Å². The van der Waals surface area contributed by atoms with Crippen molar-refractivity contribution in [1.82, 2.24) is 5.48 Å². The predicted molar refractivity (Wildman–Crippen MR) is 82.0 cm³/mol. The average molecular weight is 283 g/mol. The van der Waals surface area contributed by atoms with Crippen LogP contribution in [0.1, 0.15) is 12.5 Å². The highest BCUT2D eigenvalue weighted by Gasteiger charge is 2.05. The topological polar surface area (TPSA) is 58.6 Å². The molecule has 0 bridgehead atoms. The minimum atomic E-state index is -0.567. The Labute approximate surface area is 123 Å². The number of hydroxylamine groups is 1. The first-order valence-electron chi connectivity index (χ1n) is 6.69. The van der Waals surface area contributed by atoms with Gasteiger partial charge in [-0.2, -0.15) is 0 Å². The Morgan fingerprint density at radius 1 is 1.24 bits per heavy atom. The minimum absolute atomic E-state index is 0.567. The van der Waals surface area contributed by atoms with E-state index in [1.54, 1.807) is 11.6 Å². The molecule has 21 heavy (non-hydrogen) atoms. The molecule has 0 aromatic heterocycles. The first-order valence-corrected chi connectivity index (χ1v) is 6.69. The van der Waals surface area contributed by atoms with Gasteiger partial charge in [-0.1, -0.05) is 36.4 Å². The van der Waals surface area contributed by atoms with Gasteiger partial charge in [-0.15, -0.1) is 0 Å². The van der Waals surface area contributed by atoms with Gasteiger partial charge in [0.2, 0.25) is 0 Å². The quantitative estimate of drug-likeness (QED) is 0.503. The highest BCUT2D eigenvalue weighted by Crippen LogP contribution is 2.29. The van der Waals surface area contributed by atoms with Gasteiger partial charge < -0.3 is 4.74 Å². The smallest absolute Gasteiger partial charge is 0.267 e. The van der Waals surface area contributed by atoms with E-state index in [1.807, 2.05) is 55.5 Å². The first-order chi connectivity index (χ1) is 10.2. The third kappa shape index (κ3) is 3.94. The van der Waals surface area contributed by atoms with Gasteiger partial charge in [0, 0.05) is 6.08 Å². The maximum atomic E-state index is 11.1. The number of hydrogen-bond acceptors (Lipinski definition) is 3. The molecule has 4 heteroatoms. The Morgan fingerprint density at radius 3 is 2.67 bits per heavy atom. The molecule has 0 heterocycles. The van der Waals surface area contributed by atoms with E-state index >= 15 is 0 Å². The molecular weight excluding hydrogens is 266 g/mol. The number of carbonyl (C=O) groups excluding carboxylic acids is 1. The molecule has 2 rings (SSSR count). The van der Waals surface area contributed by atoms with Gasteiger partial charge in [-0.05, 0) is 41.8 Å². The van der Waals surface area contributed by atoms with Crippen LogP contribution >= 0.6 is 0 Å². The molecule has 0 spiro atoms. The maximum absolute atomic E-state index is 11.1. The minimum Gasteiger partial charge on any atom is -0.494 e. The molecular formula is C17H17NO3. The molecule has 0 aliphatic rings. The van der Waals surface area contributed by atoms with Crippen LogP contribution in [0.3, 0.4) is 0 Å². The average Bonchev–Trinajstić information content (AvgIpc) is 2.54. The molecule has 0 atom stereocenters. The van der Waals surface area contributed by atoms with E-state index in [0.717, 1.165) is 22.4 Å². The lowest BCUT2D eigenvalue weighted by Crippen LogP contribution is -2.14. The first kappa shape index (κ1) is 14.8. The Bertz CT molecular complexity index is 636. The predicted octanol–water partition coefficient (Wildman–Crippen LogP) is 3.27. The van der Waals surface area contributed by atoms with Crippen LogP contribution in [-0.4, -0.2) is 17.7 Å². The number of benzene rings is 2. The number of ether oxygens (including phenoxy) is 1. The molecule has 0 fully saturated rings. The highest BCUT2D eigenvalue weighted by atomic mass is 16.5. The number of amides is 1. The van der Waals surface area contributed by atoms with E-state index in [0.29, 0.717) is 6.61 Å². The molecule has 4 nitrogen and oxygen atoms in total. The van der Waals surface area contributed by atoms with Crippen molar-refractivity contribution in [1.29, 1.82) is 0 Å². The van der Waals surface area contributed by atoms with Gasteiger partial charge in [0.15, 0.2) is 0 Å². The standard InChI is InChI=1S/C17H17NO3/c1-2-21-15-10-8-14(9-11-17(19)18-20)16(12-15)13-6-4-3-5-7-13/h3-12,20H,2H2,1H3,(H,18,19)/b11-9+. The molecule has 108 valence electrons. The van der Waals surface area contributed by atoms with Crippen molar-refractivity contribution < 1.29 is 14.7 Å². The fourth-order valence-corrected chi connectivity index (χ4v) is 2.01. The summed E-state index contributed by atoms with van der Waals surface area (Å²) >= 11 is 0. The number of carbonyl (C=O) groups is 1. The Morgan fingerprint density at radius 2 is 2.00 bits per heavy atom. The lowest BCUT2D eigenvalue weighted by Gasteiger charge is -2.10. The zero-order valence-electron chi connectivity index (χ0n) is 11.7. The summed E-state index contributed by atoms with van der Waals surface area (Å²) in [5, 5.41) is 8.54. The van der Waals surface area contributed by atoms with Crippen molar-refractivity contribution in [2.45, 2.75) is 6.92 Å². The second kappa shape index (κ2) is 7.26. The normalized spacial score (nSPS) is 10.6. The number of rotatable bonds is 5. The molecule has 0 aliphatic carbocycles. The summed E-state index contributed by atoms with van der Waals surface area (Å²) in [6.45, 7) is 2.53. The van der Waals surface area contributed by atoms with Crippen LogP contribution < -0.4 is 10.2 Å². The third-order valence-electron chi connectivity index (χ3n) is 2.95. The number of nitrogens with one attached hydrogen (secondary N) is 1. The molecule has 2 N–H and O–H groups in total. The molecule has 0 saturated carbocycles. The van der Waals surface area contributed by atoms with E-state index in [-0.39, 0.29) is 0 Å². The van der Waals surface area contributed by atoms with Crippen molar-refractivity contribution in [3.05, 3.63) is 60.2 Å². The summed E-state index contributed by atoms with van der Waals surface area (Å²) in [6, 6.07) is 15.5. The van der Waals surface area contributed by atoms with Crippen molar-refractivity contribution >= 4 is 12.0 Å². The molecule has 0 radical (unpaired) electrons. The van der Waals surface area contributed by atoms with Crippen LogP contribution in [0.25, 0.3) is 17.2 Å². The molecule has 0 saturated heterocycles. The van der Waals surface area contributed by atoms with Crippen LogP contribution in [0.2, 0.25) is 0 Å². The largest absolute Gasteiger partial charge is 0.494 e. The van der Waals surface area contributed by atoms with Crippen LogP contribution in [0, 0.1) is 0 Å². The summed E-state index contributed by atoms with van der Waals surface area (Å²) in [7, 11) is 0. The third-order valence-corrected chi connectivity index (χ3v) is 2.95. The highest BCUT2D eigenvalue weighted by molar-refractivity contribution is 5.92. The lowest BCUT2D eigenvalue weighted by atomic mass is 9.99. The lowest BCUT2D eigenvalue weighted by molar-refractivity contribution is -0.124. The Balaban J connectivity index is 2.44. The molecule has 2 aromatic carbocycles. The Hall–Kier alpha value is -2.59. The molecule has 2 aromatic rings. The van der Waals surface area contributed by atoms with Crippen molar-refractivity contribution in [3.8, 4) is 16.9 Å². The molecule has 1 amide bonds. The van der Waals surface area contributed by atoms with Gasteiger partial charge >= 0.3 is 0 Å². The van der Waals surface area contributed by atoms with Gasteiger partial charge in [0.05, 0.1) is 6.61 Å². The summed E-state index contributed by atoms with van der Waals surface area (Å²) in [5.74, 6) is 0.211. The van der Waals surface area contributed by atoms with Crippen LogP contribution in [-0.2, 0) is 4.79 Å². The van der Waals surface area contributed by atoms with Gasteiger partial charge in [0.1, 0.15) is 5.75 Å². The van der Waals surface area contributed by atoms with Crippen molar-refractivity contribution in [3.63, 3.8) is 0 Å². The van der Waals surface area contributed by atoms with Crippen molar-refractivity contribution in [2.75, 3.05) is 6.61 Å². The SMILES string of the molecule is CCOc1ccc(/C=C/C(=O)NO)c(-c2ccccc2)c1. The summed E-state index contributed by atoms with van der Waals surface area (Å²) in [5.41, 5.74) is 4.44. The van der Waals surface area contributed by atoms with Gasteiger partial charge in [-0.25, -0.2) is 5.48 Å². The summed E-state index contributed by atoms with van der Waals surface area (Å²) in [4.78, 5) is 11.1. The van der Waals surface area contributed by atoms with Gasteiger partial charge in [0.25, 0.3) is 5.91 Å². The van der Waals surface area contributed by atoms with E-state index < -0.39 is 5.91 Å². The Kier molecular flexibility index (Phi) is 5.12. The maximum Gasteiger partial charge on any atom is 0.267 e. The zero-order chi connectivity index (χ0) is 15.1. The fourth-order valence-electron chi connectivity index (χ4n) is 2.01. The monoisotopic (exact) mass is 283 g/mol. The second-order valence-corrected chi connectivity index (χ2v) is 4.36. The van der Waals surface area contributed by atoms with Crippen LogP contribution in [0.5, 0.6) is 5.75 Å². The van der Waals surface area contributed by atoms with E-state index in [4.69, 9.17) is 9.94 Å². The van der Waals surface area contributed by atoms with Crippen LogP contribution in [0.4, 0.5) is 0 Å². The van der Waals surface area contributed by atoms with Crippen molar-refractivity contribution in [2.24, 2.45) is 0 Å². The molecule has 0 unspecified atom stereocenters. The van der Waals surface area contributed by atoms with E-state index in [1.165, 1.54) is 6.08 Å². The fraction of sp³-hybridized carbons (Fsp3) is 0.118. The summed E-state index contributed by atoms with van der Waals surface area (Å²) in [6.07, 6.45) is 2.94. The zero-order valence-corrected chi connectivity index (χ0v) is 11.7. The number of hydrogen-bond donors (Lipinski definition) is 2.